The molecule has 2 N–H and O–H groups in total. The van der Waals surface area contributed by atoms with Crippen molar-refractivity contribution in [3.63, 3.8) is 0 Å². The highest BCUT2D eigenvalue weighted by Crippen LogP contribution is 2.28. The molecule has 28 heavy (non-hydrogen) atoms. The van der Waals surface area contributed by atoms with Crippen molar-refractivity contribution in [3.8, 4) is 0 Å². The lowest BCUT2D eigenvalue weighted by Crippen LogP contribution is -2.47. The minimum absolute atomic E-state index is 0.139. The van der Waals surface area contributed by atoms with Crippen molar-refractivity contribution >= 4 is 55.8 Å². The SMILES string of the molecule is NS(=O)(=O)c1ccccc1N1CCN(c2cnc3cc(Cl)c(Cl)cc3n2)CC1. The molecule has 1 saturated heterocycles. The third-order valence-electron chi connectivity index (χ3n) is 4.69. The Morgan fingerprint density at radius 2 is 1.54 bits per heavy atom. The van der Waals surface area contributed by atoms with E-state index in [0.29, 0.717) is 52.9 Å². The van der Waals surface area contributed by atoms with Gasteiger partial charge in [0.05, 0.1) is 33.0 Å². The maximum Gasteiger partial charge on any atom is 0.240 e. The topological polar surface area (TPSA) is 92.4 Å². The highest BCUT2D eigenvalue weighted by atomic mass is 35.5. The molecule has 0 amide bonds. The molecule has 0 atom stereocenters. The summed E-state index contributed by atoms with van der Waals surface area (Å²) in [4.78, 5) is 13.3. The normalized spacial score (nSPS) is 15.2. The summed E-state index contributed by atoms with van der Waals surface area (Å²) in [5, 5.41) is 6.23. The summed E-state index contributed by atoms with van der Waals surface area (Å²) < 4.78 is 23.7. The van der Waals surface area contributed by atoms with Crippen LogP contribution in [0.25, 0.3) is 11.0 Å². The summed E-state index contributed by atoms with van der Waals surface area (Å²) in [6.07, 6.45) is 1.71. The first-order chi connectivity index (χ1) is 13.3. The highest BCUT2D eigenvalue weighted by Gasteiger charge is 2.23. The molecule has 3 aromatic rings. The molecule has 1 fully saturated rings. The Morgan fingerprint density at radius 1 is 0.929 bits per heavy atom. The molecule has 0 aliphatic carbocycles. The van der Waals surface area contributed by atoms with Gasteiger partial charge >= 0.3 is 0 Å². The van der Waals surface area contributed by atoms with Gasteiger partial charge in [0.2, 0.25) is 10.0 Å². The van der Waals surface area contributed by atoms with E-state index in [2.05, 4.69) is 14.9 Å². The number of aromatic nitrogens is 2. The molecule has 7 nitrogen and oxygen atoms in total. The van der Waals surface area contributed by atoms with Crippen LogP contribution in [0.1, 0.15) is 0 Å². The van der Waals surface area contributed by atoms with E-state index in [9.17, 15) is 8.42 Å². The van der Waals surface area contributed by atoms with E-state index in [1.807, 2.05) is 4.90 Å². The maximum absolute atomic E-state index is 11.9. The maximum atomic E-state index is 11.9. The standard InChI is InChI=1S/C18H17Cl2N5O2S/c19-12-9-14-15(10-13(12)20)23-18(11-22-14)25-7-5-24(6-8-25)16-3-1-2-4-17(16)28(21,26)27/h1-4,9-11H,5-8H2,(H2,21,26,27). The lowest BCUT2D eigenvalue weighted by Gasteiger charge is -2.37. The summed E-state index contributed by atoms with van der Waals surface area (Å²) in [6, 6.07) is 10.2. The second-order valence-corrected chi connectivity index (χ2v) is 8.81. The van der Waals surface area contributed by atoms with E-state index in [1.54, 1.807) is 36.5 Å². The number of rotatable bonds is 3. The van der Waals surface area contributed by atoms with Crippen LogP contribution in [0.2, 0.25) is 10.0 Å². The number of sulfonamides is 1. The van der Waals surface area contributed by atoms with E-state index in [-0.39, 0.29) is 4.90 Å². The summed E-state index contributed by atoms with van der Waals surface area (Å²) in [5.41, 5.74) is 1.98. The monoisotopic (exact) mass is 437 g/mol. The van der Waals surface area contributed by atoms with Gasteiger partial charge in [-0.2, -0.15) is 0 Å². The largest absolute Gasteiger partial charge is 0.367 e. The minimum atomic E-state index is -3.78. The molecule has 0 radical (unpaired) electrons. The van der Waals surface area contributed by atoms with Gasteiger partial charge in [-0.25, -0.2) is 18.5 Å². The number of halogens is 2. The predicted molar refractivity (Wildman–Crippen MR) is 112 cm³/mol. The molecule has 2 heterocycles. The number of piperazine rings is 1. The van der Waals surface area contributed by atoms with Gasteiger partial charge in [-0.3, -0.25) is 4.98 Å². The summed E-state index contributed by atoms with van der Waals surface area (Å²) >= 11 is 12.1. The number of primary sulfonamides is 1. The summed E-state index contributed by atoms with van der Waals surface area (Å²) in [7, 11) is -3.78. The van der Waals surface area contributed by atoms with E-state index < -0.39 is 10.0 Å². The molecule has 1 aliphatic heterocycles. The fourth-order valence-corrected chi connectivity index (χ4v) is 4.36. The van der Waals surface area contributed by atoms with Gasteiger partial charge in [0.25, 0.3) is 0 Å². The number of nitrogens with zero attached hydrogens (tertiary/aromatic N) is 4. The molecule has 0 unspecified atom stereocenters. The average molecular weight is 438 g/mol. The van der Waals surface area contributed by atoms with Gasteiger partial charge in [-0.1, -0.05) is 35.3 Å². The first kappa shape index (κ1) is 19.2. The van der Waals surface area contributed by atoms with Gasteiger partial charge in [-0.05, 0) is 24.3 Å². The van der Waals surface area contributed by atoms with Crippen LogP contribution >= 0.6 is 23.2 Å². The number of nitrogens with two attached hydrogens (primary N) is 1. The second kappa shape index (κ2) is 7.36. The van der Waals surface area contributed by atoms with E-state index >= 15 is 0 Å². The molecule has 146 valence electrons. The Bertz CT molecular complexity index is 1150. The zero-order chi connectivity index (χ0) is 19.9. The van der Waals surface area contributed by atoms with Crippen LogP contribution in [-0.2, 0) is 10.0 Å². The molecule has 10 heteroatoms. The van der Waals surface area contributed by atoms with Gasteiger partial charge in [0.1, 0.15) is 10.7 Å². The predicted octanol–water partition coefficient (Wildman–Crippen LogP) is 2.91. The van der Waals surface area contributed by atoms with Gasteiger partial charge in [-0.15, -0.1) is 0 Å². The Labute approximate surface area is 172 Å². The summed E-state index contributed by atoms with van der Waals surface area (Å²) in [6.45, 7) is 2.60. The van der Waals surface area contributed by atoms with Crippen LogP contribution in [0.5, 0.6) is 0 Å². The smallest absolute Gasteiger partial charge is 0.240 e. The van der Waals surface area contributed by atoms with E-state index in [4.69, 9.17) is 28.3 Å². The van der Waals surface area contributed by atoms with Gasteiger partial charge < -0.3 is 9.80 Å². The van der Waals surface area contributed by atoms with Crippen molar-refractivity contribution in [1.29, 1.82) is 0 Å². The van der Waals surface area contributed by atoms with Crippen LogP contribution in [0, 0.1) is 0 Å². The minimum Gasteiger partial charge on any atom is -0.367 e. The molecule has 0 saturated carbocycles. The van der Waals surface area contributed by atoms with Crippen LogP contribution < -0.4 is 14.9 Å². The third kappa shape index (κ3) is 3.73. The number of hydrogen-bond acceptors (Lipinski definition) is 6. The van der Waals surface area contributed by atoms with E-state index in [0.717, 1.165) is 5.82 Å². The van der Waals surface area contributed by atoms with Gasteiger partial charge in [0, 0.05) is 26.2 Å². The van der Waals surface area contributed by atoms with Crippen molar-refractivity contribution in [3.05, 3.63) is 52.6 Å². The number of benzene rings is 2. The number of anilines is 2. The third-order valence-corrected chi connectivity index (χ3v) is 6.37. The molecule has 1 aliphatic rings. The fraction of sp³-hybridized carbons (Fsp3) is 0.222. The second-order valence-electron chi connectivity index (χ2n) is 6.47. The fourth-order valence-electron chi connectivity index (χ4n) is 3.29. The van der Waals surface area contributed by atoms with Crippen molar-refractivity contribution in [2.24, 2.45) is 5.14 Å². The van der Waals surface area contributed by atoms with E-state index in [1.165, 1.54) is 6.07 Å². The molecular weight excluding hydrogens is 421 g/mol. The van der Waals surface area contributed by atoms with Crippen LogP contribution in [0.3, 0.4) is 0 Å². The van der Waals surface area contributed by atoms with Crippen molar-refractivity contribution in [2.45, 2.75) is 4.90 Å². The first-order valence-electron chi connectivity index (χ1n) is 8.56. The Balaban J connectivity index is 1.55. The zero-order valence-electron chi connectivity index (χ0n) is 14.7. The van der Waals surface area contributed by atoms with Crippen molar-refractivity contribution in [2.75, 3.05) is 36.0 Å². The van der Waals surface area contributed by atoms with Crippen molar-refractivity contribution < 1.29 is 8.42 Å². The number of fused-ring (bicyclic) bond motifs is 1. The Morgan fingerprint density at radius 3 is 2.21 bits per heavy atom. The lowest BCUT2D eigenvalue weighted by atomic mass is 10.2. The molecule has 0 spiro atoms. The quantitative estimate of drug-likeness (QED) is 0.676. The molecule has 4 rings (SSSR count). The van der Waals surface area contributed by atoms with Crippen molar-refractivity contribution in [1.82, 2.24) is 9.97 Å². The Kier molecular flexibility index (Phi) is 5.05. The summed E-state index contributed by atoms with van der Waals surface area (Å²) in [5.74, 6) is 0.741. The van der Waals surface area contributed by atoms with Gasteiger partial charge in [0.15, 0.2) is 0 Å². The van der Waals surface area contributed by atoms with Crippen LogP contribution in [0.4, 0.5) is 11.5 Å². The number of hydrogen-bond donors (Lipinski definition) is 1. The lowest BCUT2D eigenvalue weighted by molar-refractivity contribution is 0.595. The molecule has 2 aromatic carbocycles. The molecular formula is C18H17Cl2N5O2S. The van der Waals surface area contributed by atoms with Crippen LogP contribution in [-0.4, -0.2) is 44.6 Å². The first-order valence-corrected chi connectivity index (χ1v) is 10.9. The van der Waals surface area contributed by atoms with Crippen LogP contribution in [0.15, 0.2) is 47.5 Å². The molecule has 1 aromatic heterocycles. The number of para-hydroxylation sites is 1. The Hall–Kier alpha value is -2.13. The molecule has 0 bridgehead atoms. The zero-order valence-corrected chi connectivity index (χ0v) is 17.0. The average Bonchev–Trinajstić information content (AvgIpc) is 2.68. The highest BCUT2D eigenvalue weighted by molar-refractivity contribution is 7.89.